The van der Waals surface area contributed by atoms with E-state index in [9.17, 15) is 9.59 Å². The molecule has 4 aromatic rings. The van der Waals surface area contributed by atoms with Gasteiger partial charge in [0.15, 0.2) is 0 Å². The van der Waals surface area contributed by atoms with Crippen molar-refractivity contribution in [1.82, 2.24) is 9.97 Å². The Morgan fingerprint density at radius 1 is 1.03 bits per heavy atom. The molecule has 0 amide bonds. The summed E-state index contributed by atoms with van der Waals surface area (Å²) in [6.07, 6.45) is 3.00. The second-order valence-electron chi connectivity index (χ2n) is 6.60. The third-order valence-corrected chi connectivity index (χ3v) is 5.08. The van der Waals surface area contributed by atoms with Crippen LogP contribution >= 0.6 is 11.6 Å². The molecule has 1 aliphatic rings. The number of halogens is 1. The van der Waals surface area contributed by atoms with E-state index in [0.29, 0.717) is 16.2 Å². The average molecular weight is 405 g/mol. The first-order valence-electron chi connectivity index (χ1n) is 8.86. The third kappa shape index (κ3) is 3.03. The summed E-state index contributed by atoms with van der Waals surface area (Å²) in [4.78, 5) is 31.8. The molecule has 142 valence electrons. The van der Waals surface area contributed by atoms with Crippen LogP contribution in [0.1, 0.15) is 22.6 Å². The summed E-state index contributed by atoms with van der Waals surface area (Å²) >= 11 is 6.01. The highest BCUT2D eigenvalue weighted by molar-refractivity contribution is 6.30. The van der Waals surface area contributed by atoms with Gasteiger partial charge in [-0.15, -0.1) is 0 Å². The number of nitrogens with zero attached hydrogens (tertiary/aromatic N) is 1. The number of H-pyrrole nitrogens is 1. The minimum Gasteiger partial charge on any atom is -0.438 e. The summed E-state index contributed by atoms with van der Waals surface area (Å²) < 4.78 is 11.3. The van der Waals surface area contributed by atoms with Crippen molar-refractivity contribution in [2.24, 2.45) is 0 Å². The quantitative estimate of drug-likeness (QED) is 0.508. The summed E-state index contributed by atoms with van der Waals surface area (Å²) in [5.74, 6) is -0.0249. The average Bonchev–Trinajstić information content (AvgIpc) is 2.73. The molecule has 0 saturated heterocycles. The Bertz CT molecular complexity index is 1390. The maximum Gasteiger partial charge on any atom is 0.347 e. The fourth-order valence-electron chi connectivity index (χ4n) is 3.43. The molecular weight excluding hydrogens is 392 g/mol. The second kappa shape index (κ2) is 6.76. The van der Waals surface area contributed by atoms with Crippen molar-refractivity contribution in [3.8, 4) is 5.88 Å². The molecule has 5 rings (SSSR count). The van der Waals surface area contributed by atoms with Crippen LogP contribution in [0.15, 0.2) is 81.0 Å². The lowest BCUT2D eigenvalue weighted by Gasteiger charge is -2.23. The van der Waals surface area contributed by atoms with Crippen LogP contribution in [0, 0.1) is 0 Å². The van der Waals surface area contributed by atoms with Crippen molar-refractivity contribution in [1.29, 1.82) is 0 Å². The highest BCUT2D eigenvalue weighted by Gasteiger charge is 2.29. The summed E-state index contributed by atoms with van der Waals surface area (Å²) in [6.45, 7) is 0. The number of para-hydroxylation sites is 1. The standard InChI is InChI=1S/C22H13ClN2O4/c23-14-7-5-12(6-8-14)15-10-18(28-21-19(15)20(26)24-11-25-21)16-9-13-3-1-2-4-17(13)29-22(16)27/h1-11,15H,(H,24,25,26). The first-order valence-corrected chi connectivity index (χ1v) is 9.24. The number of hydrogen-bond donors (Lipinski definition) is 1. The van der Waals surface area contributed by atoms with Crippen molar-refractivity contribution in [3.63, 3.8) is 0 Å². The minimum atomic E-state index is -0.530. The van der Waals surface area contributed by atoms with Gasteiger partial charge in [0.05, 0.1) is 11.9 Å². The number of ether oxygens (including phenoxy) is 1. The van der Waals surface area contributed by atoms with Gasteiger partial charge >= 0.3 is 5.63 Å². The van der Waals surface area contributed by atoms with Crippen LogP contribution in [0.5, 0.6) is 5.88 Å². The van der Waals surface area contributed by atoms with Crippen molar-refractivity contribution >= 4 is 28.3 Å². The number of aromatic nitrogens is 2. The molecule has 6 nitrogen and oxygen atoms in total. The number of rotatable bonds is 2. The van der Waals surface area contributed by atoms with Crippen LogP contribution in [-0.4, -0.2) is 9.97 Å². The SMILES string of the molecule is O=c1[nH]cnc2c1C(c1ccc(Cl)cc1)C=C(c1cc3ccccc3oc1=O)O2. The molecule has 1 unspecified atom stereocenters. The van der Waals surface area contributed by atoms with E-state index in [1.54, 1.807) is 36.4 Å². The van der Waals surface area contributed by atoms with E-state index in [1.807, 2.05) is 24.3 Å². The van der Waals surface area contributed by atoms with Gasteiger partial charge in [-0.3, -0.25) is 4.79 Å². The number of allylic oxidation sites excluding steroid dienone is 1. The maximum absolute atomic E-state index is 12.6. The lowest BCUT2D eigenvalue weighted by Crippen LogP contribution is -2.23. The van der Waals surface area contributed by atoms with Crippen molar-refractivity contribution in [2.45, 2.75) is 5.92 Å². The van der Waals surface area contributed by atoms with Gasteiger partial charge in [-0.2, -0.15) is 0 Å². The van der Waals surface area contributed by atoms with E-state index in [0.717, 1.165) is 10.9 Å². The lowest BCUT2D eigenvalue weighted by molar-refractivity contribution is 0.460. The smallest absolute Gasteiger partial charge is 0.347 e. The van der Waals surface area contributed by atoms with Gasteiger partial charge in [-0.1, -0.05) is 41.9 Å². The Morgan fingerprint density at radius 2 is 1.83 bits per heavy atom. The van der Waals surface area contributed by atoms with Gasteiger partial charge in [0.1, 0.15) is 16.9 Å². The largest absolute Gasteiger partial charge is 0.438 e. The Balaban J connectivity index is 1.72. The fraction of sp³-hybridized carbons (Fsp3) is 0.0455. The molecule has 0 radical (unpaired) electrons. The van der Waals surface area contributed by atoms with Crippen molar-refractivity contribution in [3.05, 3.63) is 109 Å². The molecule has 1 aliphatic heterocycles. The molecule has 0 aliphatic carbocycles. The minimum absolute atomic E-state index is 0.152. The molecule has 0 fully saturated rings. The van der Waals surface area contributed by atoms with Gasteiger partial charge in [0.25, 0.3) is 5.56 Å². The van der Waals surface area contributed by atoms with E-state index in [-0.39, 0.29) is 22.8 Å². The van der Waals surface area contributed by atoms with Crippen molar-refractivity contribution < 1.29 is 9.15 Å². The molecule has 2 aromatic heterocycles. The second-order valence-corrected chi connectivity index (χ2v) is 7.03. The maximum atomic E-state index is 12.6. The summed E-state index contributed by atoms with van der Waals surface area (Å²) in [5, 5.41) is 1.35. The van der Waals surface area contributed by atoms with Crippen LogP contribution in [0.3, 0.4) is 0 Å². The van der Waals surface area contributed by atoms with Crippen LogP contribution in [0.4, 0.5) is 0 Å². The van der Waals surface area contributed by atoms with Crippen LogP contribution < -0.4 is 15.9 Å². The summed E-state index contributed by atoms with van der Waals surface area (Å²) in [6, 6.07) is 16.1. The Hall–Kier alpha value is -3.64. The molecule has 2 aromatic carbocycles. The van der Waals surface area contributed by atoms with E-state index in [2.05, 4.69) is 9.97 Å². The van der Waals surface area contributed by atoms with E-state index >= 15 is 0 Å². The zero-order chi connectivity index (χ0) is 20.0. The van der Waals surface area contributed by atoms with Crippen LogP contribution in [-0.2, 0) is 0 Å². The van der Waals surface area contributed by atoms with E-state index in [4.69, 9.17) is 20.8 Å². The number of benzene rings is 2. The molecule has 7 heteroatoms. The number of nitrogens with one attached hydrogen (secondary N) is 1. The number of fused-ring (bicyclic) bond motifs is 2. The molecule has 0 saturated carbocycles. The van der Waals surface area contributed by atoms with E-state index in [1.165, 1.54) is 6.33 Å². The predicted octanol–water partition coefficient (Wildman–Crippen LogP) is 4.10. The molecule has 3 heterocycles. The number of aromatic amines is 1. The topological polar surface area (TPSA) is 85.2 Å². The lowest BCUT2D eigenvalue weighted by atomic mass is 9.90. The van der Waals surface area contributed by atoms with Gasteiger partial charge < -0.3 is 14.1 Å². The molecular formula is C22H13ClN2O4. The number of hydrogen-bond acceptors (Lipinski definition) is 5. The first-order chi connectivity index (χ1) is 14.1. The van der Waals surface area contributed by atoms with Crippen LogP contribution in [0.25, 0.3) is 16.7 Å². The molecule has 0 bridgehead atoms. The zero-order valence-electron chi connectivity index (χ0n) is 14.9. The molecule has 0 spiro atoms. The van der Waals surface area contributed by atoms with E-state index < -0.39 is 11.5 Å². The highest BCUT2D eigenvalue weighted by Crippen LogP contribution is 2.37. The van der Waals surface area contributed by atoms with Gasteiger partial charge in [0, 0.05) is 16.3 Å². The van der Waals surface area contributed by atoms with Crippen molar-refractivity contribution in [2.75, 3.05) is 0 Å². The third-order valence-electron chi connectivity index (χ3n) is 4.82. The Kier molecular flexibility index (Phi) is 4.07. The monoisotopic (exact) mass is 404 g/mol. The Morgan fingerprint density at radius 3 is 2.66 bits per heavy atom. The first kappa shape index (κ1) is 17.5. The van der Waals surface area contributed by atoms with Crippen LogP contribution in [0.2, 0.25) is 5.02 Å². The van der Waals surface area contributed by atoms with Gasteiger partial charge in [-0.05, 0) is 35.9 Å². The molecule has 1 atom stereocenters. The summed E-state index contributed by atoms with van der Waals surface area (Å²) in [7, 11) is 0. The normalized spacial score (nSPS) is 15.5. The fourth-order valence-corrected chi connectivity index (χ4v) is 3.56. The Labute approximate surface area is 169 Å². The molecule has 29 heavy (non-hydrogen) atoms. The zero-order valence-corrected chi connectivity index (χ0v) is 15.6. The van der Waals surface area contributed by atoms with Gasteiger partial charge in [0.2, 0.25) is 5.88 Å². The highest BCUT2D eigenvalue weighted by atomic mass is 35.5. The molecule has 1 N–H and O–H groups in total. The predicted molar refractivity (Wildman–Crippen MR) is 109 cm³/mol. The van der Waals surface area contributed by atoms with Gasteiger partial charge in [-0.25, -0.2) is 9.78 Å². The summed E-state index contributed by atoms with van der Waals surface area (Å²) in [5.41, 5.74) is 1.09.